The van der Waals surface area contributed by atoms with E-state index >= 15 is 0 Å². The Morgan fingerprint density at radius 2 is 2.11 bits per heavy atom. The molecule has 1 heterocycles. The van der Waals surface area contributed by atoms with E-state index in [1.807, 2.05) is 0 Å². The standard InChI is InChI=1S/C12H14BrF3N2/c1-7-3-2-4-10(7)18-11-9(12(14,15)16)5-8(13)6-17-11/h5-7,10H,2-4H2,1H3,(H,17,18). The van der Waals surface area contributed by atoms with Gasteiger partial charge < -0.3 is 5.32 Å². The van der Waals surface area contributed by atoms with Crippen molar-refractivity contribution in [3.8, 4) is 0 Å². The number of anilines is 1. The van der Waals surface area contributed by atoms with E-state index in [4.69, 9.17) is 0 Å². The van der Waals surface area contributed by atoms with Crippen LogP contribution < -0.4 is 5.32 Å². The van der Waals surface area contributed by atoms with E-state index in [0.29, 0.717) is 10.4 Å². The molecule has 1 aromatic heterocycles. The number of hydrogen-bond acceptors (Lipinski definition) is 2. The molecule has 1 N–H and O–H groups in total. The van der Waals surface area contributed by atoms with Gasteiger partial charge in [0.05, 0.1) is 5.56 Å². The highest BCUT2D eigenvalue weighted by Gasteiger charge is 2.36. The van der Waals surface area contributed by atoms with E-state index in [1.54, 1.807) is 0 Å². The number of halogens is 4. The molecule has 2 rings (SSSR count). The average Bonchev–Trinajstić information content (AvgIpc) is 2.66. The van der Waals surface area contributed by atoms with Crippen LogP contribution in [0.15, 0.2) is 16.7 Å². The van der Waals surface area contributed by atoms with Gasteiger partial charge in [-0.1, -0.05) is 13.3 Å². The molecular weight excluding hydrogens is 309 g/mol. The van der Waals surface area contributed by atoms with Crippen molar-refractivity contribution in [3.05, 3.63) is 22.3 Å². The Hall–Kier alpha value is -0.780. The van der Waals surface area contributed by atoms with Gasteiger partial charge in [-0.3, -0.25) is 0 Å². The van der Waals surface area contributed by atoms with Gasteiger partial charge >= 0.3 is 6.18 Å². The third kappa shape index (κ3) is 2.96. The van der Waals surface area contributed by atoms with Gasteiger partial charge in [0.15, 0.2) is 0 Å². The summed E-state index contributed by atoms with van der Waals surface area (Å²) in [4.78, 5) is 3.86. The van der Waals surface area contributed by atoms with E-state index in [1.165, 1.54) is 6.20 Å². The lowest BCUT2D eigenvalue weighted by Crippen LogP contribution is -2.24. The summed E-state index contributed by atoms with van der Waals surface area (Å²) in [5.41, 5.74) is -0.712. The normalized spacial score (nSPS) is 24.3. The number of nitrogens with one attached hydrogen (secondary N) is 1. The number of alkyl halides is 3. The first-order chi connectivity index (χ1) is 8.38. The zero-order chi connectivity index (χ0) is 13.3. The van der Waals surface area contributed by atoms with E-state index < -0.39 is 11.7 Å². The largest absolute Gasteiger partial charge is 0.419 e. The molecule has 0 aromatic carbocycles. The Balaban J connectivity index is 2.27. The van der Waals surface area contributed by atoms with Crippen molar-refractivity contribution in [1.82, 2.24) is 4.98 Å². The summed E-state index contributed by atoms with van der Waals surface area (Å²) in [6.45, 7) is 2.05. The third-order valence-electron chi connectivity index (χ3n) is 3.34. The molecule has 0 amide bonds. The molecule has 6 heteroatoms. The van der Waals surface area contributed by atoms with Gasteiger partial charge in [0.2, 0.25) is 0 Å². The van der Waals surface area contributed by atoms with Crippen LogP contribution in [0.5, 0.6) is 0 Å². The van der Waals surface area contributed by atoms with Crippen LogP contribution >= 0.6 is 15.9 Å². The molecule has 0 saturated heterocycles. The lowest BCUT2D eigenvalue weighted by Gasteiger charge is -2.21. The minimum absolute atomic E-state index is 0.0653. The average molecular weight is 323 g/mol. The summed E-state index contributed by atoms with van der Waals surface area (Å²) in [5.74, 6) is 0.320. The number of hydrogen-bond donors (Lipinski definition) is 1. The van der Waals surface area contributed by atoms with E-state index in [0.717, 1.165) is 25.3 Å². The van der Waals surface area contributed by atoms with Crippen LogP contribution in [0.2, 0.25) is 0 Å². The highest BCUT2D eigenvalue weighted by molar-refractivity contribution is 9.10. The van der Waals surface area contributed by atoms with Crippen molar-refractivity contribution in [2.45, 2.75) is 38.4 Å². The van der Waals surface area contributed by atoms with Gasteiger partial charge in [-0.25, -0.2) is 4.98 Å². The molecule has 2 atom stereocenters. The molecule has 1 fully saturated rings. The maximum atomic E-state index is 12.9. The van der Waals surface area contributed by atoms with Gasteiger partial charge in [0.25, 0.3) is 0 Å². The lowest BCUT2D eigenvalue weighted by atomic mass is 10.1. The van der Waals surface area contributed by atoms with Crippen molar-refractivity contribution >= 4 is 21.7 Å². The second-order valence-corrected chi connectivity index (χ2v) is 5.62. The molecule has 0 bridgehead atoms. The SMILES string of the molecule is CC1CCCC1Nc1ncc(Br)cc1C(F)(F)F. The van der Waals surface area contributed by atoms with Gasteiger partial charge in [-0.2, -0.15) is 13.2 Å². The van der Waals surface area contributed by atoms with Crippen LogP contribution in [-0.2, 0) is 6.18 Å². The molecule has 18 heavy (non-hydrogen) atoms. The first-order valence-electron chi connectivity index (χ1n) is 5.87. The van der Waals surface area contributed by atoms with Gasteiger partial charge in [0, 0.05) is 16.7 Å². The molecule has 2 nitrogen and oxygen atoms in total. The summed E-state index contributed by atoms with van der Waals surface area (Å²) in [5, 5.41) is 2.94. The zero-order valence-electron chi connectivity index (χ0n) is 9.89. The number of pyridine rings is 1. The van der Waals surface area contributed by atoms with Crippen molar-refractivity contribution < 1.29 is 13.2 Å². The summed E-state index contributed by atoms with van der Waals surface area (Å²) in [6, 6.07) is 1.15. The molecule has 2 unspecified atom stereocenters. The summed E-state index contributed by atoms with van der Waals surface area (Å²) in [6.07, 6.45) is 0.000608. The van der Waals surface area contributed by atoms with E-state index in [-0.39, 0.29) is 11.9 Å². The maximum absolute atomic E-state index is 12.9. The van der Waals surface area contributed by atoms with Crippen molar-refractivity contribution in [3.63, 3.8) is 0 Å². The molecule has 0 radical (unpaired) electrons. The number of nitrogens with zero attached hydrogens (tertiary/aromatic N) is 1. The summed E-state index contributed by atoms with van der Waals surface area (Å²) >= 11 is 3.02. The van der Waals surface area contributed by atoms with Crippen LogP contribution in [0.4, 0.5) is 19.0 Å². The Morgan fingerprint density at radius 3 is 2.67 bits per heavy atom. The minimum Gasteiger partial charge on any atom is -0.367 e. The predicted molar refractivity (Wildman–Crippen MR) is 67.4 cm³/mol. The minimum atomic E-state index is -4.39. The Bertz CT molecular complexity index is 434. The molecule has 1 aromatic rings. The van der Waals surface area contributed by atoms with Crippen LogP contribution in [0.3, 0.4) is 0 Å². The topological polar surface area (TPSA) is 24.9 Å². The van der Waals surface area contributed by atoms with E-state index in [2.05, 4.69) is 33.2 Å². The molecule has 100 valence electrons. The smallest absolute Gasteiger partial charge is 0.367 e. The van der Waals surface area contributed by atoms with Gasteiger partial charge in [-0.05, 0) is 40.8 Å². The molecule has 1 saturated carbocycles. The van der Waals surface area contributed by atoms with Crippen molar-refractivity contribution in [2.24, 2.45) is 5.92 Å². The summed E-state index contributed by atoms with van der Waals surface area (Å²) < 4.78 is 39.0. The second-order valence-electron chi connectivity index (χ2n) is 4.71. The lowest BCUT2D eigenvalue weighted by molar-refractivity contribution is -0.137. The van der Waals surface area contributed by atoms with Crippen LogP contribution in [0.1, 0.15) is 31.7 Å². The Labute approximate surface area is 112 Å². The number of rotatable bonds is 2. The van der Waals surface area contributed by atoms with Crippen LogP contribution in [-0.4, -0.2) is 11.0 Å². The van der Waals surface area contributed by atoms with Crippen molar-refractivity contribution in [2.75, 3.05) is 5.32 Å². The quantitative estimate of drug-likeness (QED) is 0.869. The van der Waals surface area contributed by atoms with Crippen LogP contribution in [0.25, 0.3) is 0 Å². The number of aromatic nitrogens is 1. The Morgan fingerprint density at radius 1 is 1.39 bits per heavy atom. The molecule has 1 aliphatic carbocycles. The fourth-order valence-electron chi connectivity index (χ4n) is 2.31. The molecule has 0 aliphatic heterocycles. The third-order valence-corrected chi connectivity index (χ3v) is 3.78. The monoisotopic (exact) mass is 322 g/mol. The van der Waals surface area contributed by atoms with Crippen molar-refractivity contribution in [1.29, 1.82) is 0 Å². The van der Waals surface area contributed by atoms with Crippen LogP contribution in [0, 0.1) is 5.92 Å². The Kier molecular flexibility index (Phi) is 3.84. The fraction of sp³-hybridized carbons (Fsp3) is 0.583. The highest BCUT2D eigenvalue weighted by Crippen LogP contribution is 2.37. The summed E-state index contributed by atoms with van der Waals surface area (Å²) in [7, 11) is 0. The highest BCUT2D eigenvalue weighted by atomic mass is 79.9. The van der Waals surface area contributed by atoms with E-state index in [9.17, 15) is 13.2 Å². The first-order valence-corrected chi connectivity index (χ1v) is 6.66. The fourth-order valence-corrected chi connectivity index (χ4v) is 2.64. The molecular formula is C12H14BrF3N2. The van der Waals surface area contributed by atoms with Gasteiger partial charge in [0.1, 0.15) is 5.82 Å². The zero-order valence-corrected chi connectivity index (χ0v) is 11.5. The predicted octanol–water partition coefficient (Wildman–Crippen LogP) is 4.46. The molecule has 1 aliphatic rings. The maximum Gasteiger partial charge on any atom is 0.419 e. The van der Waals surface area contributed by atoms with Gasteiger partial charge in [-0.15, -0.1) is 0 Å². The second kappa shape index (κ2) is 5.07. The molecule has 0 spiro atoms. The first kappa shape index (κ1) is 13.6.